The van der Waals surface area contributed by atoms with E-state index in [0.29, 0.717) is 0 Å². The summed E-state index contributed by atoms with van der Waals surface area (Å²) in [5.41, 5.74) is 0. The highest BCUT2D eigenvalue weighted by atomic mass is 79.9. The lowest BCUT2D eigenvalue weighted by molar-refractivity contribution is -0.890. The second kappa shape index (κ2) is 20.2. The standard InChI is InChI=1S/C21H45BrN.BrH/c1-4-5-6-7-8-9-10-11-12-13-14-15-17-20-23(2,3)21-18-16-19-22;/h4-21H2,1-3H3;1H/q+1;/p-1. The number of quaternary nitrogens is 1. The predicted molar refractivity (Wildman–Crippen MR) is 111 cm³/mol. The highest BCUT2D eigenvalue weighted by Crippen LogP contribution is 2.13. The largest absolute Gasteiger partial charge is 1.00 e. The molecule has 0 heterocycles. The summed E-state index contributed by atoms with van der Waals surface area (Å²) in [5.74, 6) is 0. The summed E-state index contributed by atoms with van der Waals surface area (Å²) < 4.78 is 1.21. The normalized spacial score (nSPS) is 11.5. The van der Waals surface area contributed by atoms with Gasteiger partial charge in [-0.1, -0.05) is 93.5 Å². The van der Waals surface area contributed by atoms with Crippen molar-refractivity contribution in [3.8, 4) is 0 Å². The number of nitrogens with zero attached hydrogens (tertiary/aromatic N) is 1. The molecule has 0 aromatic heterocycles. The van der Waals surface area contributed by atoms with E-state index in [0.717, 1.165) is 5.33 Å². The molecule has 0 N–H and O–H groups in total. The van der Waals surface area contributed by atoms with E-state index < -0.39 is 0 Å². The van der Waals surface area contributed by atoms with Gasteiger partial charge < -0.3 is 21.5 Å². The highest BCUT2D eigenvalue weighted by molar-refractivity contribution is 9.09. The quantitative estimate of drug-likeness (QED) is 0.159. The first-order valence-corrected chi connectivity index (χ1v) is 11.6. The number of unbranched alkanes of at least 4 members (excludes halogenated alkanes) is 13. The fraction of sp³-hybridized carbons (Fsp3) is 1.00. The zero-order valence-electron chi connectivity index (χ0n) is 16.9. The summed E-state index contributed by atoms with van der Waals surface area (Å²) >= 11 is 3.53. The summed E-state index contributed by atoms with van der Waals surface area (Å²) in [4.78, 5) is 0. The van der Waals surface area contributed by atoms with Gasteiger partial charge in [-0.25, -0.2) is 0 Å². The molecule has 3 heteroatoms. The summed E-state index contributed by atoms with van der Waals surface area (Å²) in [7, 11) is 4.80. The van der Waals surface area contributed by atoms with E-state index >= 15 is 0 Å². The molecule has 0 bridgehead atoms. The van der Waals surface area contributed by atoms with Gasteiger partial charge in [0.05, 0.1) is 27.2 Å². The monoisotopic (exact) mass is 469 g/mol. The highest BCUT2D eigenvalue weighted by Gasteiger charge is 2.13. The third kappa shape index (κ3) is 21.0. The average Bonchev–Trinajstić information content (AvgIpc) is 2.52. The number of hydrogen-bond acceptors (Lipinski definition) is 0. The minimum Gasteiger partial charge on any atom is -1.00 e. The third-order valence-electron chi connectivity index (χ3n) is 5.01. The Kier molecular flexibility index (Phi) is 22.9. The van der Waals surface area contributed by atoms with E-state index in [1.165, 1.54) is 114 Å². The molecule has 0 aromatic rings. The van der Waals surface area contributed by atoms with Crippen LogP contribution in [-0.2, 0) is 0 Å². The fourth-order valence-corrected chi connectivity index (χ4v) is 3.70. The smallest absolute Gasteiger partial charge is 0.0782 e. The lowest BCUT2D eigenvalue weighted by Crippen LogP contribution is -3.00. The Morgan fingerprint density at radius 2 is 0.875 bits per heavy atom. The molecule has 0 aliphatic heterocycles. The van der Waals surface area contributed by atoms with E-state index in [2.05, 4.69) is 36.9 Å². The van der Waals surface area contributed by atoms with E-state index in [-0.39, 0.29) is 17.0 Å². The van der Waals surface area contributed by atoms with Gasteiger partial charge in [-0.2, -0.15) is 0 Å². The van der Waals surface area contributed by atoms with Crippen LogP contribution in [-0.4, -0.2) is 37.0 Å². The van der Waals surface area contributed by atoms with Crippen LogP contribution < -0.4 is 17.0 Å². The number of hydrogen-bond donors (Lipinski definition) is 0. The molecule has 0 atom stereocenters. The van der Waals surface area contributed by atoms with Gasteiger partial charge in [0.25, 0.3) is 0 Å². The van der Waals surface area contributed by atoms with Gasteiger partial charge in [-0.3, -0.25) is 0 Å². The Morgan fingerprint density at radius 1 is 0.542 bits per heavy atom. The Labute approximate surface area is 172 Å². The lowest BCUT2D eigenvalue weighted by Gasteiger charge is -2.29. The van der Waals surface area contributed by atoms with Crippen molar-refractivity contribution < 1.29 is 21.5 Å². The molecule has 148 valence electrons. The van der Waals surface area contributed by atoms with Gasteiger partial charge in [0.2, 0.25) is 0 Å². The maximum atomic E-state index is 3.53. The SMILES string of the molecule is CCCCCCCCCCCCCCC[N+](C)(C)CCCCBr.[Br-]. The van der Waals surface area contributed by atoms with Crippen LogP contribution in [0.3, 0.4) is 0 Å². The van der Waals surface area contributed by atoms with Crippen molar-refractivity contribution in [3.63, 3.8) is 0 Å². The number of rotatable bonds is 18. The van der Waals surface area contributed by atoms with Crippen molar-refractivity contribution in [2.24, 2.45) is 0 Å². The molecule has 0 aliphatic carbocycles. The van der Waals surface area contributed by atoms with Crippen molar-refractivity contribution >= 4 is 15.9 Å². The summed E-state index contributed by atoms with van der Waals surface area (Å²) in [6.07, 6.45) is 21.6. The molecule has 0 saturated carbocycles. The van der Waals surface area contributed by atoms with E-state index in [1.54, 1.807) is 0 Å². The molecule has 0 fully saturated rings. The Hall–Kier alpha value is 0.920. The van der Waals surface area contributed by atoms with Crippen LogP contribution in [0.5, 0.6) is 0 Å². The van der Waals surface area contributed by atoms with Crippen LogP contribution in [0, 0.1) is 0 Å². The number of alkyl halides is 1. The first kappa shape index (κ1) is 27.1. The molecular weight excluding hydrogens is 426 g/mol. The van der Waals surface area contributed by atoms with Gasteiger partial charge in [0, 0.05) is 5.33 Å². The van der Waals surface area contributed by atoms with Crippen molar-refractivity contribution in [2.75, 3.05) is 32.5 Å². The molecule has 0 radical (unpaired) electrons. The summed E-state index contributed by atoms with van der Waals surface area (Å²) in [6, 6.07) is 0. The third-order valence-corrected chi connectivity index (χ3v) is 5.57. The van der Waals surface area contributed by atoms with Gasteiger partial charge in [0.15, 0.2) is 0 Å². The Balaban J connectivity index is 0. The van der Waals surface area contributed by atoms with E-state index in [4.69, 9.17) is 0 Å². The zero-order valence-corrected chi connectivity index (χ0v) is 20.1. The predicted octanol–water partition coefficient (Wildman–Crippen LogP) is 4.33. The molecule has 0 rings (SSSR count). The first-order chi connectivity index (χ1) is 11.1. The zero-order chi connectivity index (χ0) is 17.2. The van der Waals surface area contributed by atoms with E-state index in [1.807, 2.05) is 0 Å². The first-order valence-electron chi connectivity index (χ1n) is 10.5. The summed E-state index contributed by atoms with van der Waals surface area (Å²) in [5, 5.41) is 1.16. The second-order valence-corrected chi connectivity index (χ2v) is 8.81. The maximum absolute atomic E-state index is 3.53. The topological polar surface area (TPSA) is 0 Å². The van der Waals surface area contributed by atoms with Crippen LogP contribution >= 0.6 is 15.9 Å². The van der Waals surface area contributed by atoms with Crippen molar-refractivity contribution in [1.29, 1.82) is 0 Å². The molecule has 0 spiro atoms. The minimum atomic E-state index is 0. The molecule has 0 saturated heterocycles. The summed E-state index contributed by atoms with van der Waals surface area (Å²) in [6.45, 7) is 4.99. The van der Waals surface area contributed by atoms with Crippen LogP contribution in [0.25, 0.3) is 0 Å². The molecule has 0 amide bonds. The molecule has 24 heavy (non-hydrogen) atoms. The van der Waals surface area contributed by atoms with E-state index in [9.17, 15) is 0 Å². The van der Waals surface area contributed by atoms with Gasteiger partial charge in [-0.15, -0.1) is 0 Å². The van der Waals surface area contributed by atoms with Crippen LogP contribution in [0.15, 0.2) is 0 Å². The molecule has 0 aliphatic rings. The van der Waals surface area contributed by atoms with Crippen molar-refractivity contribution in [3.05, 3.63) is 0 Å². The Bertz CT molecular complexity index is 232. The second-order valence-electron chi connectivity index (χ2n) is 8.02. The lowest BCUT2D eigenvalue weighted by atomic mass is 10.0. The van der Waals surface area contributed by atoms with Crippen LogP contribution in [0.2, 0.25) is 0 Å². The molecule has 1 nitrogen and oxygen atoms in total. The minimum absolute atomic E-state index is 0. The van der Waals surface area contributed by atoms with Gasteiger partial charge in [-0.05, 0) is 25.7 Å². The average molecular weight is 471 g/mol. The van der Waals surface area contributed by atoms with Gasteiger partial charge in [0.1, 0.15) is 0 Å². The maximum Gasteiger partial charge on any atom is 0.0782 e. The van der Waals surface area contributed by atoms with Crippen molar-refractivity contribution in [1.82, 2.24) is 0 Å². The molecular formula is C21H45Br2N. The molecule has 0 aromatic carbocycles. The van der Waals surface area contributed by atoms with Gasteiger partial charge >= 0.3 is 0 Å². The molecule has 0 unspecified atom stereocenters. The number of halogens is 2. The van der Waals surface area contributed by atoms with Crippen LogP contribution in [0.4, 0.5) is 0 Å². The fourth-order valence-electron chi connectivity index (χ4n) is 3.30. The van der Waals surface area contributed by atoms with Crippen LogP contribution in [0.1, 0.15) is 103 Å². The Morgan fingerprint density at radius 3 is 1.25 bits per heavy atom. The van der Waals surface area contributed by atoms with Crippen molar-refractivity contribution in [2.45, 2.75) is 103 Å².